The predicted octanol–water partition coefficient (Wildman–Crippen LogP) is 3.72. The molecule has 4 rings (SSSR count). The molecule has 2 amide bonds. The summed E-state index contributed by atoms with van der Waals surface area (Å²) in [7, 11) is 0. The molecule has 0 radical (unpaired) electrons. The van der Waals surface area contributed by atoms with Gasteiger partial charge in [-0.15, -0.1) is 6.58 Å². The lowest BCUT2D eigenvalue weighted by atomic mass is 9.70. The topological polar surface area (TPSA) is 96.4 Å². The number of likely N-dealkylation sites (tertiary alicyclic amines) is 1. The molecule has 3 heterocycles. The molecule has 1 unspecified atom stereocenters. The van der Waals surface area contributed by atoms with Crippen LogP contribution in [-0.2, 0) is 23.9 Å². The lowest BCUT2D eigenvalue weighted by Gasteiger charge is -2.37. The molecule has 3 fully saturated rings. The minimum atomic E-state index is -1.16. The Morgan fingerprint density at radius 1 is 1.32 bits per heavy atom. The van der Waals surface area contributed by atoms with Crippen LogP contribution in [-0.4, -0.2) is 76.7 Å². The average molecular weight is 598 g/mol. The summed E-state index contributed by atoms with van der Waals surface area (Å²) < 4.78 is 11.8. The van der Waals surface area contributed by atoms with Crippen molar-refractivity contribution < 1.29 is 29.0 Å². The molecule has 37 heavy (non-hydrogen) atoms. The van der Waals surface area contributed by atoms with Crippen LogP contribution in [0.3, 0.4) is 0 Å². The van der Waals surface area contributed by atoms with Crippen molar-refractivity contribution in [2.45, 2.75) is 61.6 Å². The van der Waals surface area contributed by atoms with Crippen molar-refractivity contribution in [1.29, 1.82) is 0 Å². The standard InChI is InChI=1S/C27H34BrClN2O6/c1-3-13-30(19-12-8-7-11-18(19)29)25(34)23-27-16-17(28)22(37-27)20(26(35)36-4-2)21(27)24(33)31(23)14-9-5-6-10-15-32/h3,7-8,11-12,17,20-23,32H,1,4-6,9-10,13-16H2,2H3/t17?,20-,21+,22-,23-,27+/m0/s1. The van der Waals surface area contributed by atoms with Crippen LogP contribution < -0.4 is 4.90 Å². The first-order valence-corrected chi connectivity index (χ1v) is 14.2. The van der Waals surface area contributed by atoms with Crippen molar-refractivity contribution in [3.05, 3.63) is 41.9 Å². The number of carbonyl (C=O) groups excluding carboxylic acids is 3. The van der Waals surface area contributed by atoms with Crippen LogP contribution >= 0.6 is 27.5 Å². The number of aliphatic hydroxyl groups is 1. The monoisotopic (exact) mass is 596 g/mol. The molecular weight excluding hydrogens is 564 g/mol. The first-order chi connectivity index (χ1) is 17.8. The third-order valence-electron chi connectivity index (χ3n) is 7.61. The van der Waals surface area contributed by atoms with Crippen molar-refractivity contribution >= 4 is 51.0 Å². The highest BCUT2D eigenvalue weighted by atomic mass is 79.9. The van der Waals surface area contributed by atoms with Gasteiger partial charge in [0, 0.05) is 24.5 Å². The van der Waals surface area contributed by atoms with Gasteiger partial charge in [0.05, 0.1) is 35.3 Å². The summed E-state index contributed by atoms with van der Waals surface area (Å²) in [5, 5.41) is 9.52. The third-order valence-corrected chi connectivity index (χ3v) is 8.77. The Balaban J connectivity index is 1.74. The van der Waals surface area contributed by atoms with E-state index in [-0.39, 0.29) is 36.4 Å². The Hall–Kier alpha value is -1.94. The zero-order chi connectivity index (χ0) is 26.7. The van der Waals surface area contributed by atoms with Gasteiger partial charge in [0.2, 0.25) is 5.91 Å². The van der Waals surface area contributed by atoms with Gasteiger partial charge in [-0.05, 0) is 38.3 Å². The number of unbranched alkanes of at least 4 members (excludes halogenated alkanes) is 3. The number of amides is 2. The number of carbonyl (C=O) groups is 3. The molecule has 10 heteroatoms. The molecule has 202 valence electrons. The summed E-state index contributed by atoms with van der Waals surface area (Å²) >= 11 is 10.1. The highest BCUT2D eigenvalue weighted by Crippen LogP contribution is 2.60. The van der Waals surface area contributed by atoms with E-state index in [1.54, 1.807) is 47.1 Å². The highest BCUT2D eigenvalue weighted by Gasteiger charge is 2.77. The summed E-state index contributed by atoms with van der Waals surface area (Å²) in [6.45, 7) is 6.40. The number of nitrogens with zero attached hydrogens (tertiary/aromatic N) is 2. The molecular formula is C27H34BrClN2O6. The Kier molecular flexibility index (Phi) is 8.99. The van der Waals surface area contributed by atoms with Crippen LogP contribution in [0, 0.1) is 11.8 Å². The summed E-state index contributed by atoms with van der Waals surface area (Å²) in [6, 6.07) is 6.13. The highest BCUT2D eigenvalue weighted by molar-refractivity contribution is 9.09. The fraction of sp³-hybridized carbons (Fsp3) is 0.593. The van der Waals surface area contributed by atoms with E-state index in [9.17, 15) is 14.4 Å². The van der Waals surface area contributed by atoms with Crippen molar-refractivity contribution in [2.75, 3.05) is 31.2 Å². The van der Waals surface area contributed by atoms with Gasteiger partial charge in [-0.2, -0.15) is 0 Å². The number of hydrogen-bond acceptors (Lipinski definition) is 6. The molecule has 3 aliphatic heterocycles. The summed E-state index contributed by atoms with van der Waals surface area (Å²) in [6.07, 6.45) is 4.46. The van der Waals surface area contributed by atoms with Gasteiger partial charge in [-0.3, -0.25) is 14.4 Å². The van der Waals surface area contributed by atoms with E-state index < -0.39 is 35.6 Å². The number of alkyl halides is 1. The third kappa shape index (κ3) is 4.95. The number of para-hydroxylation sites is 1. The fourth-order valence-corrected chi connectivity index (χ4v) is 7.34. The van der Waals surface area contributed by atoms with Crippen LogP contribution in [0.1, 0.15) is 39.0 Å². The van der Waals surface area contributed by atoms with Crippen LogP contribution in [0.2, 0.25) is 5.02 Å². The normalized spacial score (nSPS) is 29.9. The van der Waals surface area contributed by atoms with E-state index in [1.165, 1.54) is 0 Å². The first kappa shape index (κ1) is 28.1. The van der Waals surface area contributed by atoms with Gasteiger partial charge < -0.3 is 24.4 Å². The maximum absolute atomic E-state index is 14.4. The number of hydrogen-bond donors (Lipinski definition) is 1. The van der Waals surface area contributed by atoms with E-state index in [4.69, 9.17) is 26.2 Å². The maximum atomic E-state index is 14.4. The number of halogens is 2. The molecule has 0 aromatic heterocycles. The molecule has 1 aromatic rings. The van der Waals surface area contributed by atoms with Crippen LogP contribution in [0.25, 0.3) is 0 Å². The Labute approximate surface area is 231 Å². The van der Waals surface area contributed by atoms with Gasteiger partial charge in [0.15, 0.2) is 0 Å². The van der Waals surface area contributed by atoms with Gasteiger partial charge in [-0.25, -0.2) is 0 Å². The van der Waals surface area contributed by atoms with E-state index in [2.05, 4.69) is 22.5 Å². The number of rotatable bonds is 12. The SMILES string of the molecule is C=CCN(C(=O)[C@@H]1N(CCCCCCO)C(=O)[C@H]2[C@H](C(=O)OCC)[C@H]3O[C@@]12CC3Br)c1ccccc1Cl. The number of aliphatic hydroxyl groups excluding tert-OH is 1. The zero-order valence-corrected chi connectivity index (χ0v) is 23.3. The fourth-order valence-electron chi connectivity index (χ4n) is 6.16. The second-order valence-electron chi connectivity index (χ2n) is 9.77. The second-order valence-corrected chi connectivity index (χ2v) is 11.4. The largest absolute Gasteiger partial charge is 0.466 e. The predicted molar refractivity (Wildman–Crippen MR) is 144 cm³/mol. The summed E-state index contributed by atoms with van der Waals surface area (Å²) in [5.74, 6) is -2.62. The molecule has 1 spiro atoms. The molecule has 1 N–H and O–H groups in total. The summed E-state index contributed by atoms with van der Waals surface area (Å²) in [4.78, 5) is 44.4. The van der Waals surface area contributed by atoms with Crippen LogP contribution in [0.15, 0.2) is 36.9 Å². The molecule has 2 bridgehead atoms. The smallest absolute Gasteiger partial charge is 0.312 e. The molecule has 3 saturated heterocycles. The molecule has 3 aliphatic rings. The first-order valence-electron chi connectivity index (χ1n) is 12.9. The number of esters is 1. The van der Waals surface area contributed by atoms with Gasteiger partial charge in [0.1, 0.15) is 11.6 Å². The number of fused-ring (bicyclic) bond motifs is 1. The van der Waals surface area contributed by atoms with Crippen LogP contribution in [0.5, 0.6) is 0 Å². The minimum Gasteiger partial charge on any atom is -0.466 e. The Morgan fingerprint density at radius 2 is 2.05 bits per heavy atom. The lowest BCUT2D eigenvalue weighted by Crippen LogP contribution is -2.57. The van der Waals surface area contributed by atoms with Crippen molar-refractivity contribution in [3.63, 3.8) is 0 Å². The molecule has 0 saturated carbocycles. The number of ether oxygens (including phenoxy) is 2. The van der Waals surface area contributed by atoms with E-state index in [1.807, 2.05) is 0 Å². The van der Waals surface area contributed by atoms with Gasteiger partial charge >= 0.3 is 5.97 Å². The van der Waals surface area contributed by atoms with Gasteiger partial charge in [0.25, 0.3) is 5.91 Å². The van der Waals surface area contributed by atoms with Crippen molar-refractivity contribution in [2.24, 2.45) is 11.8 Å². The lowest BCUT2D eigenvalue weighted by molar-refractivity contribution is -0.154. The molecule has 8 nitrogen and oxygen atoms in total. The van der Waals surface area contributed by atoms with E-state index >= 15 is 0 Å². The van der Waals surface area contributed by atoms with Crippen molar-refractivity contribution in [3.8, 4) is 0 Å². The Morgan fingerprint density at radius 3 is 2.73 bits per heavy atom. The molecule has 6 atom stereocenters. The average Bonchev–Trinajstić information content (AvgIpc) is 3.46. The molecule has 1 aromatic carbocycles. The van der Waals surface area contributed by atoms with Gasteiger partial charge in [-0.1, -0.05) is 58.6 Å². The van der Waals surface area contributed by atoms with Crippen molar-refractivity contribution in [1.82, 2.24) is 4.90 Å². The maximum Gasteiger partial charge on any atom is 0.312 e. The van der Waals surface area contributed by atoms with E-state index in [0.29, 0.717) is 36.5 Å². The Bertz CT molecular complexity index is 1040. The minimum absolute atomic E-state index is 0.117. The quantitative estimate of drug-likeness (QED) is 0.171. The summed E-state index contributed by atoms with van der Waals surface area (Å²) in [5.41, 5.74) is -0.634. The number of anilines is 1. The van der Waals surface area contributed by atoms with Crippen LogP contribution in [0.4, 0.5) is 5.69 Å². The van der Waals surface area contributed by atoms with E-state index in [0.717, 1.165) is 12.8 Å². The zero-order valence-electron chi connectivity index (χ0n) is 21.0. The molecule has 0 aliphatic carbocycles. The number of benzene rings is 1. The second kappa shape index (κ2) is 11.8.